The van der Waals surface area contributed by atoms with Crippen molar-refractivity contribution in [1.29, 1.82) is 0 Å². The highest BCUT2D eigenvalue weighted by atomic mass is 32.1. The van der Waals surface area contributed by atoms with E-state index < -0.39 is 6.86 Å². The molecule has 1 aromatic carbocycles. The summed E-state index contributed by atoms with van der Waals surface area (Å²) in [4.78, 5) is 6.62. The Morgan fingerprint density at radius 2 is 1.92 bits per heavy atom. The molecule has 0 radical (unpaired) electrons. The molecule has 6 heteroatoms. The summed E-state index contributed by atoms with van der Waals surface area (Å²) in [6, 6.07) is 13.7. The fourth-order valence-electron chi connectivity index (χ4n) is 2.49. The van der Waals surface area contributed by atoms with Crippen LogP contribution < -0.4 is 10.1 Å². The Balaban J connectivity index is 2.16. The third kappa shape index (κ3) is 3.91. The minimum absolute atomic E-state index is 0.500. The van der Waals surface area contributed by atoms with Crippen molar-refractivity contribution in [3.05, 3.63) is 59.2 Å². The van der Waals surface area contributed by atoms with Crippen LogP contribution in [0.25, 0.3) is 16.2 Å². The van der Waals surface area contributed by atoms with Gasteiger partial charge in [-0.15, -0.1) is 11.3 Å². The van der Waals surface area contributed by atoms with E-state index in [1.807, 2.05) is 67.9 Å². The van der Waals surface area contributed by atoms with Crippen molar-refractivity contribution >= 4 is 22.0 Å². The van der Waals surface area contributed by atoms with Gasteiger partial charge in [0.1, 0.15) is 5.75 Å². The fraction of sp³-hybridized carbons (Fsp3) is 0.211. The van der Waals surface area contributed by atoms with Crippen molar-refractivity contribution in [3.63, 3.8) is 0 Å². The van der Waals surface area contributed by atoms with Gasteiger partial charge < -0.3 is 10.1 Å². The molecular weight excluding hydrogens is 337 g/mol. The molecule has 0 spiro atoms. The van der Waals surface area contributed by atoms with Gasteiger partial charge in [-0.05, 0) is 44.2 Å². The number of fused-ring (bicyclic) bond motifs is 1. The van der Waals surface area contributed by atoms with Crippen LogP contribution in [0.3, 0.4) is 0 Å². The first-order valence-electron chi connectivity index (χ1n) is 7.92. The van der Waals surface area contributed by atoms with E-state index in [2.05, 4.69) is 5.32 Å². The summed E-state index contributed by atoms with van der Waals surface area (Å²) in [7, 11) is 1.90. The lowest BCUT2D eigenvalue weighted by molar-refractivity contribution is 0.192. The number of rotatable bonds is 4. The number of ether oxygens (including phenoxy) is 1. The van der Waals surface area contributed by atoms with E-state index in [0.29, 0.717) is 5.75 Å². The van der Waals surface area contributed by atoms with Gasteiger partial charge in [-0.2, -0.15) is 0 Å². The van der Waals surface area contributed by atoms with E-state index in [0.717, 1.165) is 32.5 Å². The molecular formula is C19H20FN3OS. The highest BCUT2D eigenvalue weighted by Gasteiger charge is 2.06. The van der Waals surface area contributed by atoms with Crippen molar-refractivity contribution in [2.45, 2.75) is 13.8 Å². The summed E-state index contributed by atoms with van der Waals surface area (Å²) < 4.78 is 19.5. The number of anilines is 1. The molecule has 3 aromatic rings. The van der Waals surface area contributed by atoms with Crippen molar-refractivity contribution in [3.8, 4) is 17.0 Å². The smallest absolute Gasteiger partial charge is 0.228 e. The lowest BCUT2D eigenvalue weighted by Crippen LogP contribution is -1.88. The number of aryl methyl sites for hydroxylation is 2. The Morgan fingerprint density at radius 1 is 1.16 bits per heavy atom. The van der Waals surface area contributed by atoms with Crippen molar-refractivity contribution < 1.29 is 9.13 Å². The average molecular weight is 357 g/mol. The van der Waals surface area contributed by atoms with E-state index >= 15 is 0 Å². The lowest BCUT2D eigenvalue weighted by Gasteiger charge is -2.00. The van der Waals surface area contributed by atoms with Crippen LogP contribution in [-0.2, 0) is 0 Å². The Bertz CT molecular complexity index is 930. The molecule has 2 aromatic heterocycles. The summed E-state index contributed by atoms with van der Waals surface area (Å²) in [6.45, 7) is 3.11. The summed E-state index contributed by atoms with van der Waals surface area (Å²) >= 11 is 1.53. The molecule has 4 nitrogen and oxygen atoms in total. The van der Waals surface area contributed by atoms with Gasteiger partial charge in [0.15, 0.2) is 4.96 Å². The standard InChI is InChI=1S/C19H20FN3OS/c1-13-4-9-17(24-12-20)10-14(2)25-19-22-18(11-23(13)19)15-5-7-16(21-3)8-6-15/h4-11,21H,12H2,1-3H3. The molecule has 1 N–H and O–H groups in total. The molecule has 0 atom stereocenters. The topological polar surface area (TPSA) is 38.6 Å². The van der Waals surface area contributed by atoms with E-state index in [-0.39, 0.29) is 0 Å². The number of benzene rings is 1. The highest BCUT2D eigenvalue weighted by Crippen LogP contribution is 2.24. The number of nitrogens with one attached hydrogen (secondary N) is 1. The first-order chi connectivity index (χ1) is 12.1. The number of alkyl halides is 1. The normalized spacial score (nSPS) is 10.6. The zero-order valence-corrected chi connectivity index (χ0v) is 15.2. The molecule has 0 saturated carbocycles. The fourth-order valence-corrected chi connectivity index (χ4v) is 3.39. The number of imidazole rings is 1. The van der Waals surface area contributed by atoms with Crippen LogP contribution in [0.5, 0.6) is 5.75 Å². The predicted octanol–water partition coefficient (Wildman–Crippen LogP) is 5.15. The largest absolute Gasteiger partial charge is 0.463 e. The lowest BCUT2D eigenvalue weighted by atomic mass is 10.1. The first kappa shape index (κ1) is 17.2. The number of hydrogen-bond donors (Lipinski definition) is 1. The SMILES string of the molecule is CNc1ccc(-c2cn3c(C)ccc(OCF)cc(C)sc3n2)cc1. The second-order valence-electron chi connectivity index (χ2n) is 5.59. The van der Waals surface area contributed by atoms with Gasteiger partial charge in [0.25, 0.3) is 0 Å². The van der Waals surface area contributed by atoms with Gasteiger partial charge in [-0.1, -0.05) is 12.1 Å². The van der Waals surface area contributed by atoms with Crippen molar-refractivity contribution in [1.82, 2.24) is 9.38 Å². The second kappa shape index (κ2) is 7.53. The number of nitrogens with zero attached hydrogens (tertiary/aromatic N) is 2. The Morgan fingerprint density at radius 3 is 2.60 bits per heavy atom. The minimum atomic E-state index is -0.843. The number of aromatic nitrogens is 2. The molecule has 0 unspecified atom stereocenters. The highest BCUT2D eigenvalue weighted by molar-refractivity contribution is 7.16. The van der Waals surface area contributed by atoms with Gasteiger partial charge in [0.2, 0.25) is 6.86 Å². The molecule has 0 aliphatic carbocycles. The maximum absolute atomic E-state index is 12.5. The predicted molar refractivity (Wildman–Crippen MR) is 102 cm³/mol. The molecule has 0 aliphatic rings. The van der Waals surface area contributed by atoms with Crippen LogP contribution in [0, 0.1) is 13.8 Å². The maximum Gasteiger partial charge on any atom is 0.228 e. The third-order valence-corrected chi connectivity index (χ3v) is 4.74. The zero-order valence-electron chi connectivity index (χ0n) is 14.4. The summed E-state index contributed by atoms with van der Waals surface area (Å²) in [6.07, 6.45) is 2.02. The quantitative estimate of drug-likeness (QED) is 0.702. The van der Waals surface area contributed by atoms with E-state index in [9.17, 15) is 4.39 Å². The first-order valence-corrected chi connectivity index (χ1v) is 8.74. The molecule has 0 saturated heterocycles. The van der Waals surface area contributed by atoms with Crippen LogP contribution in [0.2, 0.25) is 0 Å². The zero-order chi connectivity index (χ0) is 17.8. The molecule has 2 heterocycles. The summed E-state index contributed by atoms with van der Waals surface area (Å²) in [5.74, 6) is 0.500. The van der Waals surface area contributed by atoms with Crippen LogP contribution in [-0.4, -0.2) is 23.3 Å². The summed E-state index contributed by atoms with van der Waals surface area (Å²) in [5, 5.41) is 3.11. The van der Waals surface area contributed by atoms with E-state index in [1.165, 1.54) is 11.3 Å². The van der Waals surface area contributed by atoms with Gasteiger partial charge in [0, 0.05) is 35.1 Å². The summed E-state index contributed by atoms with van der Waals surface area (Å²) in [5.41, 5.74) is 4.02. The Labute approximate surface area is 150 Å². The Hall–Kier alpha value is -2.60. The molecule has 130 valence electrons. The molecule has 3 rings (SSSR count). The van der Waals surface area contributed by atoms with Gasteiger partial charge in [-0.3, -0.25) is 4.40 Å². The number of halogens is 1. The van der Waals surface area contributed by atoms with E-state index in [4.69, 9.17) is 9.72 Å². The molecule has 0 aliphatic heterocycles. The van der Waals surface area contributed by atoms with Crippen LogP contribution in [0.4, 0.5) is 10.1 Å². The second-order valence-corrected chi connectivity index (χ2v) is 6.81. The van der Waals surface area contributed by atoms with Crippen LogP contribution in [0.15, 0.2) is 48.7 Å². The average Bonchev–Trinajstić information content (AvgIpc) is 3.04. The molecule has 0 fully saturated rings. The molecule has 25 heavy (non-hydrogen) atoms. The minimum Gasteiger partial charge on any atom is -0.463 e. The van der Waals surface area contributed by atoms with E-state index in [1.54, 1.807) is 6.07 Å². The Kier molecular flexibility index (Phi) is 5.19. The van der Waals surface area contributed by atoms with Crippen molar-refractivity contribution in [2.75, 3.05) is 19.2 Å². The van der Waals surface area contributed by atoms with Crippen LogP contribution >= 0.6 is 11.3 Å². The maximum atomic E-state index is 12.5. The number of hydrogen-bond acceptors (Lipinski definition) is 4. The monoisotopic (exact) mass is 357 g/mol. The van der Waals surface area contributed by atoms with Crippen LogP contribution in [0.1, 0.15) is 10.6 Å². The third-order valence-electron chi connectivity index (χ3n) is 3.83. The molecule has 0 bridgehead atoms. The van der Waals surface area contributed by atoms with Gasteiger partial charge >= 0.3 is 0 Å². The van der Waals surface area contributed by atoms with Gasteiger partial charge in [0.05, 0.1) is 5.69 Å². The van der Waals surface area contributed by atoms with Gasteiger partial charge in [-0.25, -0.2) is 9.37 Å². The molecule has 0 amide bonds. The van der Waals surface area contributed by atoms with Crippen molar-refractivity contribution in [2.24, 2.45) is 0 Å².